The van der Waals surface area contributed by atoms with Crippen molar-refractivity contribution < 1.29 is 17.5 Å². The molecular formula is C23H26ClFN4O3S. The maximum Gasteiger partial charge on any atom is 0.243 e. The highest BCUT2D eigenvalue weighted by Crippen LogP contribution is 2.39. The first-order valence-electron chi connectivity index (χ1n) is 10.6. The van der Waals surface area contributed by atoms with E-state index in [0.29, 0.717) is 5.02 Å². The fraction of sp³-hybridized carbons (Fsp3) is 0.348. The smallest absolute Gasteiger partial charge is 0.243 e. The number of ether oxygens (including phenoxy) is 1. The van der Waals surface area contributed by atoms with Gasteiger partial charge in [-0.3, -0.25) is 4.68 Å². The van der Waals surface area contributed by atoms with Crippen molar-refractivity contribution in [2.75, 3.05) is 20.2 Å². The Morgan fingerprint density at radius 2 is 2.12 bits per heavy atom. The topological polar surface area (TPSA) is 85.2 Å². The molecule has 3 aromatic rings. The number of aromatic nitrogens is 2. The molecule has 0 bridgehead atoms. The van der Waals surface area contributed by atoms with Crippen molar-refractivity contribution in [3.05, 3.63) is 76.3 Å². The van der Waals surface area contributed by atoms with Gasteiger partial charge in [-0.05, 0) is 60.8 Å². The van der Waals surface area contributed by atoms with E-state index in [9.17, 15) is 12.8 Å². The van der Waals surface area contributed by atoms with Gasteiger partial charge >= 0.3 is 0 Å². The highest BCUT2D eigenvalue weighted by atomic mass is 35.5. The van der Waals surface area contributed by atoms with Gasteiger partial charge in [0, 0.05) is 36.8 Å². The van der Waals surface area contributed by atoms with E-state index in [2.05, 4.69) is 15.1 Å². The molecule has 0 saturated carbocycles. The van der Waals surface area contributed by atoms with Gasteiger partial charge in [0.05, 0.1) is 6.20 Å². The van der Waals surface area contributed by atoms with Crippen molar-refractivity contribution in [2.24, 2.45) is 7.05 Å². The second-order valence-electron chi connectivity index (χ2n) is 8.12. The summed E-state index contributed by atoms with van der Waals surface area (Å²) in [4.78, 5) is 0.0654. The van der Waals surface area contributed by atoms with Gasteiger partial charge in [0.15, 0.2) is 11.6 Å². The molecule has 2 N–H and O–H groups in total. The first-order valence-corrected chi connectivity index (χ1v) is 12.5. The Morgan fingerprint density at radius 1 is 1.30 bits per heavy atom. The van der Waals surface area contributed by atoms with Crippen LogP contribution in [0.1, 0.15) is 22.6 Å². The van der Waals surface area contributed by atoms with E-state index in [1.807, 2.05) is 31.3 Å². The molecular weight excluding hydrogens is 467 g/mol. The van der Waals surface area contributed by atoms with Gasteiger partial charge in [0.2, 0.25) is 10.0 Å². The van der Waals surface area contributed by atoms with Crippen LogP contribution in [0.25, 0.3) is 0 Å². The van der Waals surface area contributed by atoms with E-state index in [1.165, 1.54) is 23.1 Å². The van der Waals surface area contributed by atoms with Crippen LogP contribution in [-0.4, -0.2) is 44.4 Å². The molecule has 4 rings (SSSR count). The van der Waals surface area contributed by atoms with Crippen LogP contribution in [0, 0.1) is 5.82 Å². The maximum atomic E-state index is 14.7. The van der Waals surface area contributed by atoms with Crippen molar-refractivity contribution in [1.29, 1.82) is 0 Å². The molecule has 2 aromatic carbocycles. The number of nitrogens with one attached hydrogen (secondary N) is 2. The minimum Gasteiger partial charge on any atom is -0.489 e. The number of likely N-dealkylation sites (N-methyl/N-ethyl adjacent to an activating group) is 1. The van der Waals surface area contributed by atoms with E-state index >= 15 is 0 Å². The summed E-state index contributed by atoms with van der Waals surface area (Å²) < 4.78 is 48.7. The molecule has 0 aliphatic heterocycles. The lowest BCUT2D eigenvalue weighted by Crippen LogP contribution is -2.30. The van der Waals surface area contributed by atoms with Gasteiger partial charge < -0.3 is 10.1 Å². The fourth-order valence-corrected chi connectivity index (χ4v) is 5.48. The zero-order chi connectivity index (χ0) is 23.6. The lowest BCUT2D eigenvalue weighted by molar-refractivity contribution is 0.306. The van der Waals surface area contributed by atoms with Crippen LogP contribution >= 0.6 is 11.6 Å². The molecule has 10 heteroatoms. The molecule has 7 nitrogen and oxygen atoms in total. The van der Waals surface area contributed by atoms with Crippen LogP contribution in [0.15, 0.2) is 53.7 Å². The summed E-state index contributed by atoms with van der Waals surface area (Å²) >= 11 is 6.15. The second kappa shape index (κ2) is 9.80. The Balaban J connectivity index is 1.45. The number of halogens is 2. The summed E-state index contributed by atoms with van der Waals surface area (Å²) in [5.41, 5.74) is 3.09. The van der Waals surface area contributed by atoms with Gasteiger partial charge in [0.25, 0.3) is 0 Å². The van der Waals surface area contributed by atoms with E-state index < -0.39 is 15.8 Å². The van der Waals surface area contributed by atoms with Gasteiger partial charge in [-0.15, -0.1) is 0 Å². The van der Waals surface area contributed by atoms with Crippen molar-refractivity contribution in [1.82, 2.24) is 19.8 Å². The number of nitrogens with zero attached hydrogens (tertiary/aromatic N) is 2. The van der Waals surface area contributed by atoms with Gasteiger partial charge in [0.1, 0.15) is 11.5 Å². The predicted molar refractivity (Wildman–Crippen MR) is 125 cm³/mol. The largest absolute Gasteiger partial charge is 0.489 e. The molecule has 33 heavy (non-hydrogen) atoms. The molecule has 2 unspecified atom stereocenters. The lowest BCUT2D eigenvalue weighted by atomic mass is 9.91. The van der Waals surface area contributed by atoms with Crippen LogP contribution in [0.5, 0.6) is 5.75 Å². The summed E-state index contributed by atoms with van der Waals surface area (Å²) in [5.74, 6) is -0.209. The molecule has 1 heterocycles. The number of rotatable bonds is 9. The fourth-order valence-electron chi connectivity index (χ4n) is 4.27. The number of hydrogen-bond acceptors (Lipinski definition) is 5. The highest BCUT2D eigenvalue weighted by molar-refractivity contribution is 7.89. The second-order valence-corrected chi connectivity index (χ2v) is 10.3. The van der Waals surface area contributed by atoms with Crippen molar-refractivity contribution in [3.63, 3.8) is 0 Å². The Hall–Kier alpha value is -2.46. The summed E-state index contributed by atoms with van der Waals surface area (Å²) in [7, 11) is -0.155. The summed E-state index contributed by atoms with van der Waals surface area (Å²) in [6.45, 7) is -0.0115. The van der Waals surface area contributed by atoms with Crippen LogP contribution in [-0.2, 0) is 29.9 Å². The van der Waals surface area contributed by atoms with E-state index in [0.717, 1.165) is 29.5 Å². The molecule has 0 saturated heterocycles. The van der Waals surface area contributed by atoms with Gasteiger partial charge in [-0.1, -0.05) is 23.7 Å². The molecule has 176 valence electrons. The lowest BCUT2D eigenvalue weighted by Gasteiger charge is -2.20. The van der Waals surface area contributed by atoms with E-state index in [-0.39, 0.29) is 35.8 Å². The number of sulfonamides is 1. The Bertz CT molecular complexity index is 1250. The quantitative estimate of drug-likeness (QED) is 0.448. The standard InChI is InChI=1S/C23H26ClFN4O3S/c1-26-22-11-16-10-21(25)23(12-19(16)20(22)9-15-4-3-5-17(24)8-15)32-7-6-28-33(30,31)18-13-27-29(2)14-18/h3-5,8,10,12-14,20,22,26,28H,6-7,9,11H2,1-2H3. The number of benzene rings is 2. The number of aryl methyl sites for hydroxylation is 1. The zero-order valence-electron chi connectivity index (χ0n) is 18.4. The zero-order valence-corrected chi connectivity index (χ0v) is 20.0. The summed E-state index contributed by atoms with van der Waals surface area (Å²) in [6, 6.07) is 11.2. The summed E-state index contributed by atoms with van der Waals surface area (Å²) in [5, 5.41) is 7.89. The summed E-state index contributed by atoms with van der Waals surface area (Å²) in [6.07, 6.45) is 4.15. The Labute approximate surface area is 198 Å². The average Bonchev–Trinajstić information content (AvgIpc) is 3.35. The third kappa shape index (κ3) is 5.38. The minimum absolute atomic E-state index is 0.00115. The number of fused-ring (bicyclic) bond motifs is 1. The molecule has 1 aliphatic carbocycles. The van der Waals surface area contributed by atoms with Crippen molar-refractivity contribution in [3.8, 4) is 5.75 Å². The maximum absolute atomic E-state index is 14.7. The Morgan fingerprint density at radius 3 is 2.82 bits per heavy atom. The van der Waals surface area contributed by atoms with Crippen LogP contribution in [0.2, 0.25) is 5.02 Å². The van der Waals surface area contributed by atoms with Gasteiger partial charge in [-0.25, -0.2) is 17.5 Å². The third-order valence-corrected chi connectivity index (χ3v) is 7.53. The van der Waals surface area contributed by atoms with Crippen LogP contribution in [0.3, 0.4) is 0 Å². The molecule has 0 spiro atoms. The Kier molecular flexibility index (Phi) is 7.04. The number of hydrogen-bond donors (Lipinski definition) is 2. The van der Waals surface area contributed by atoms with Crippen LogP contribution < -0.4 is 14.8 Å². The molecule has 1 aliphatic rings. The minimum atomic E-state index is -3.70. The SMILES string of the molecule is CNC1Cc2cc(F)c(OCCNS(=O)(=O)c3cnn(C)c3)cc2C1Cc1cccc(Cl)c1. The predicted octanol–water partition coefficient (Wildman–Crippen LogP) is 3.04. The normalized spacial score (nSPS) is 17.8. The van der Waals surface area contributed by atoms with Crippen LogP contribution in [0.4, 0.5) is 4.39 Å². The molecule has 0 fully saturated rings. The van der Waals surface area contributed by atoms with Gasteiger partial charge in [-0.2, -0.15) is 5.10 Å². The molecule has 0 radical (unpaired) electrons. The highest BCUT2D eigenvalue weighted by Gasteiger charge is 2.33. The first-order chi connectivity index (χ1) is 15.8. The van der Waals surface area contributed by atoms with E-state index in [1.54, 1.807) is 13.1 Å². The monoisotopic (exact) mass is 492 g/mol. The average molecular weight is 493 g/mol. The molecule has 1 aromatic heterocycles. The van der Waals surface area contributed by atoms with Crippen molar-refractivity contribution in [2.45, 2.75) is 29.7 Å². The first kappa shape index (κ1) is 23.7. The molecule has 2 atom stereocenters. The van der Waals surface area contributed by atoms with E-state index in [4.69, 9.17) is 16.3 Å². The van der Waals surface area contributed by atoms with Crippen molar-refractivity contribution >= 4 is 21.6 Å². The molecule has 0 amide bonds. The third-order valence-electron chi connectivity index (χ3n) is 5.88.